The average Bonchev–Trinajstić information content (AvgIpc) is 2.90. The second kappa shape index (κ2) is 5.80. The summed E-state index contributed by atoms with van der Waals surface area (Å²) in [6, 6.07) is 6.45. The molecule has 1 aliphatic carbocycles. The second-order valence-electron chi connectivity index (χ2n) is 4.94. The van der Waals surface area contributed by atoms with Crippen LogP contribution in [0.2, 0.25) is 0 Å². The van der Waals surface area contributed by atoms with Gasteiger partial charge in [-0.15, -0.1) is 11.3 Å². The summed E-state index contributed by atoms with van der Waals surface area (Å²) >= 11 is 1.81. The van der Waals surface area contributed by atoms with Crippen molar-refractivity contribution in [2.24, 2.45) is 0 Å². The van der Waals surface area contributed by atoms with E-state index in [0.29, 0.717) is 6.04 Å². The Kier molecular flexibility index (Phi) is 3.89. The van der Waals surface area contributed by atoms with Crippen molar-refractivity contribution in [1.82, 2.24) is 15.3 Å². The van der Waals surface area contributed by atoms with E-state index < -0.39 is 0 Å². The van der Waals surface area contributed by atoms with E-state index in [0.717, 1.165) is 17.2 Å². The lowest BCUT2D eigenvalue weighted by molar-refractivity contribution is 0.454. The first-order valence-electron chi connectivity index (χ1n) is 7.03. The number of fused-ring (bicyclic) bond motifs is 1. The van der Waals surface area contributed by atoms with Crippen LogP contribution in [-0.4, -0.2) is 16.5 Å². The van der Waals surface area contributed by atoms with Crippen molar-refractivity contribution in [1.29, 1.82) is 0 Å². The summed E-state index contributed by atoms with van der Waals surface area (Å²) in [6.45, 7) is 3.28. The molecule has 2 aromatic rings. The molecule has 2 aromatic heterocycles. The highest BCUT2D eigenvalue weighted by Crippen LogP contribution is 2.36. The van der Waals surface area contributed by atoms with Crippen LogP contribution < -0.4 is 5.32 Å². The maximum atomic E-state index is 4.85. The number of rotatable bonds is 4. The average molecular weight is 273 g/mol. The van der Waals surface area contributed by atoms with Crippen LogP contribution in [0.1, 0.15) is 42.8 Å². The number of thiazole rings is 1. The van der Waals surface area contributed by atoms with E-state index in [1.807, 2.05) is 35.7 Å². The molecule has 3 nitrogen and oxygen atoms in total. The summed E-state index contributed by atoms with van der Waals surface area (Å²) in [5, 5.41) is 4.68. The molecule has 100 valence electrons. The third-order valence-electron chi connectivity index (χ3n) is 3.48. The van der Waals surface area contributed by atoms with E-state index in [1.54, 1.807) is 0 Å². The van der Waals surface area contributed by atoms with Gasteiger partial charge in [0.15, 0.2) is 0 Å². The van der Waals surface area contributed by atoms with E-state index in [2.05, 4.69) is 17.2 Å². The quantitative estimate of drug-likeness (QED) is 0.925. The lowest BCUT2D eigenvalue weighted by atomic mass is 9.97. The molecule has 19 heavy (non-hydrogen) atoms. The zero-order valence-corrected chi connectivity index (χ0v) is 12.0. The minimum absolute atomic E-state index is 0.442. The Labute approximate surface area is 118 Å². The molecule has 0 aliphatic heterocycles. The third-order valence-corrected chi connectivity index (χ3v) is 4.63. The fourth-order valence-corrected chi connectivity index (χ4v) is 3.68. The highest BCUT2D eigenvalue weighted by atomic mass is 32.1. The van der Waals surface area contributed by atoms with Crippen LogP contribution in [0, 0.1) is 0 Å². The van der Waals surface area contributed by atoms with Crippen LogP contribution in [0.25, 0.3) is 10.7 Å². The van der Waals surface area contributed by atoms with E-state index in [9.17, 15) is 0 Å². The number of hydrogen-bond acceptors (Lipinski definition) is 4. The highest BCUT2D eigenvalue weighted by Gasteiger charge is 2.24. The van der Waals surface area contributed by atoms with Gasteiger partial charge in [-0.05, 0) is 44.4 Å². The Morgan fingerprint density at radius 1 is 1.42 bits per heavy atom. The fourth-order valence-electron chi connectivity index (χ4n) is 2.53. The topological polar surface area (TPSA) is 37.8 Å². The Morgan fingerprint density at radius 2 is 2.37 bits per heavy atom. The van der Waals surface area contributed by atoms with Crippen molar-refractivity contribution in [2.75, 3.05) is 6.54 Å². The summed E-state index contributed by atoms with van der Waals surface area (Å²) < 4.78 is 0. The maximum absolute atomic E-state index is 4.85. The Hall–Kier alpha value is -1.26. The van der Waals surface area contributed by atoms with Gasteiger partial charge in [0, 0.05) is 11.1 Å². The standard InChI is InChI=1S/C15H19N3S/c1-2-9-16-11-7-5-8-13-14(11)18-15(19-13)12-6-3-4-10-17-12/h3-4,6,10-11,16H,2,5,7-9H2,1H3. The normalized spacial score (nSPS) is 18.3. The van der Waals surface area contributed by atoms with Gasteiger partial charge < -0.3 is 5.32 Å². The minimum Gasteiger partial charge on any atom is -0.309 e. The molecule has 0 saturated heterocycles. The first-order valence-corrected chi connectivity index (χ1v) is 7.84. The van der Waals surface area contributed by atoms with E-state index in [-0.39, 0.29) is 0 Å². The zero-order chi connectivity index (χ0) is 13.1. The summed E-state index contributed by atoms with van der Waals surface area (Å²) in [5.74, 6) is 0. The van der Waals surface area contributed by atoms with Crippen molar-refractivity contribution in [3.63, 3.8) is 0 Å². The number of pyridine rings is 1. The summed E-state index contributed by atoms with van der Waals surface area (Å²) in [7, 11) is 0. The van der Waals surface area contributed by atoms with E-state index in [4.69, 9.17) is 4.98 Å². The molecule has 0 saturated carbocycles. The largest absolute Gasteiger partial charge is 0.309 e. The predicted molar refractivity (Wildman–Crippen MR) is 79.3 cm³/mol. The van der Waals surface area contributed by atoms with Gasteiger partial charge in [-0.2, -0.15) is 0 Å². The molecule has 1 aliphatic rings. The first kappa shape index (κ1) is 12.8. The molecule has 2 heterocycles. The van der Waals surface area contributed by atoms with Crippen molar-refractivity contribution in [2.45, 2.75) is 38.6 Å². The van der Waals surface area contributed by atoms with Gasteiger partial charge in [0.1, 0.15) is 5.01 Å². The van der Waals surface area contributed by atoms with Gasteiger partial charge in [0.25, 0.3) is 0 Å². The lowest BCUT2D eigenvalue weighted by Crippen LogP contribution is -2.25. The Bertz CT molecular complexity index is 536. The van der Waals surface area contributed by atoms with Gasteiger partial charge in [0.05, 0.1) is 17.4 Å². The van der Waals surface area contributed by atoms with Crippen LogP contribution in [0.4, 0.5) is 0 Å². The molecule has 0 fully saturated rings. The number of hydrogen-bond donors (Lipinski definition) is 1. The third kappa shape index (κ3) is 2.69. The molecule has 3 rings (SSSR count). The van der Waals surface area contributed by atoms with Crippen LogP contribution in [-0.2, 0) is 6.42 Å². The van der Waals surface area contributed by atoms with E-state index >= 15 is 0 Å². The highest BCUT2D eigenvalue weighted by molar-refractivity contribution is 7.15. The van der Waals surface area contributed by atoms with E-state index in [1.165, 1.54) is 36.3 Å². The molecule has 1 unspecified atom stereocenters. The smallest absolute Gasteiger partial charge is 0.142 e. The van der Waals surface area contributed by atoms with Crippen molar-refractivity contribution in [3.8, 4) is 10.7 Å². The minimum atomic E-state index is 0.442. The number of aromatic nitrogens is 2. The summed E-state index contributed by atoms with van der Waals surface area (Å²) in [4.78, 5) is 10.7. The van der Waals surface area contributed by atoms with Crippen molar-refractivity contribution < 1.29 is 0 Å². The number of nitrogens with zero attached hydrogens (tertiary/aromatic N) is 2. The fraction of sp³-hybridized carbons (Fsp3) is 0.467. The monoisotopic (exact) mass is 273 g/mol. The number of nitrogens with one attached hydrogen (secondary N) is 1. The summed E-state index contributed by atoms with van der Waals surface area (Å²) in [5.41, 5.74) is 2.27. The van der Waals surface area contributed by atoms with Gasteiger partial charge in [-0.25, -0.2) is 4.98 Å². The molecule has 1 atom stereocenters. The Morgan fingerprint density at radius 3 is 3.16 bits per heavy atom. The Balaban J connectivity index is 1.89. The molecule has 0 amide bonds. The zero-order valence-electron chi connectivity index (χ0n) is 11.2. The van der Waals surface area contributed by atoms with Gasteiger partial charge >= 0.3 is 0 Å². The predicted octanol–water partition coefficient (Wildman–Crippen LogP) is 3.58. The molecule has 0 bridgehead atoms. The van der Waals surface area contributed by atoms with Crippen molar-refractivity contribution in [3.05, 3.63) is 35.0 Å². The van der Waals surface area contributed by atoms with Gasteiger partial charge in [0.2, 0.25) is 0 Å². The molecule has 0 radical (unpaired) electrons. The number of aryl methyl sites for hydroxylation is 1. The maximum Gasteiger partial charge on any atom is 0.142 e. The molecule has 0 aromatic carbocycles. The van der Waals surface area contributed by atoms with Crippen LogP contribution in [0.5, 0.6) is 0 Å². The van der Waals surface area contributed by atoms with Crippen LogP contribution in [0.15, 0.2) is 24.4 Å². The summed E-state index contributed by atoms with van der Waals surface area (Å²) in [6.07, 6.45) is 6.65. The van der Waals surface area contributed by atoms with Gasteiger partial charge in [-0.3, -0.25) is 4.98 Å². The SMILES string of the molecule is CCCNC1CCCc2sc(-c3ccccn3)nc21. The van der Waals surface area contributed by atoms with Crippen LogP contribution in [0.3, 0.4) is 0 Å². The van der Waals surface area contributed by atoms with Crippen molar-refractivity contribution >= 4 is 11.3 Å². The van der Waals surface area contributed by atoms with Gasteiger partial charge in [-0.1, -0.05) is 13.0 Å². The molecular formula is C15H19N3S. The lowest BCUT2D eigenvalue weighted by Gasteiger charge is -2.22. The molecular weight excluding hydrogens is 254 g/mol. The second-order valence-corrected chi connectivity index (χ2v) is 6.02. The van der Waals surface area contributed by atoms with Crippen LogP contribution >= 0.6 is 11.3 Å². The molecule has 1 N–H and O–H groups in total. The molecule has 0 spiro atoms. The molecule has 4 heteroatoms. The first-order chi connectivity index (χ1) is 9.38.